The van der Waals surface area contributed by atoms with Crippen molar-refractivity contribution in [1.29, 1.82) is 0 Å². The standard InChI is InChI=1S/C45H44BNO3/c1-43(2)39-16-9-7-12-35(39)36-27-26-33(28-40(36)43)47(32-24-20-30(21-25-32)46-49-44(3,4)45(5,6)50-46)31-22-18-29(19-23-31)34-14-11-15-38-37-13-8-10-17-41(37)48-42(34)38/h7-20,22-24,26-27,40H,21,25,28H2,1-6H3. The lowest BCUT2D eigenvalue weighted by molar-refractivity contribution is 0.00578. The molecule has 250 valence electrons. The Kier molecular flexibility index (Phi) is 7.05. The first kappa shape index (κ1) is 31.4. The number of para-hydroxylation sites is 2. The third-order valence-corrected chi connectivity index (χ3v) is 12.2. The zero-order chi connectivity index (χ0) is 34.4. The van der Waals surface area contributed by atoms with E-state index in [1.165, 1.54) is 39.3 Å². The van der Waals surface area contributed by atoms with Crippen LogP contribution in [-0.2, 0) is 14.7 Å². The van der Waals surface area contributed by atoms with Crippen molar-refractivity contribution in [2.24, 2.45) is 5.92 Å². The Labute approximate surface area is 295 Å². The summed E-state index contributed by atoms with van der Waals surface area (Å²) in [5, 5.41) is 2.30. The second-order valence-corrected chi connectivity index (χ2v) is 16.0. The van der Waals surface area contributed by atoms with Gasteiger partial charge in [-0.05, 0) is 116 Å². The summed E-state index contributed by atoms with van der Waals surface area (Å²) >= 11 is 0. The number of hydrogen-bond donors (Lipinski definition) is 0. The molecule has 4 nitrogen and oxygen atoms in total. The van der Waals surface area contributed by atoms with Crippen LogP contribution < -0.4 is 4.90 Å². The fourth-order valence-electron chi connectivity index (χ4n) is 8.56. The summed E-state index contributed by atoms with van der Waals surface area (Å²) < 4.78 is 19.3. The Bertz CT molecular complexity index is 2280. The SMILES string of the molecule is CC1(C)c2ccccc2C2=CC=C(N(C3=CC=C(B4OC(C)(C)C(C)(C)O4)CC3)c3ccc(-c4cccc5c4oc4ccccc45)cc3)CC21. The molecule has 2 heterocycles. The molecule has 4 aromatic carbocycles. The quantitative estimate of drug-likeness (QED) is 0.176. The molecule has 1 aliphatic heterocycles. The predicted octanol–water partition coefficient (Wildman–Crippen LogP) is 11.6. The average molecular weight is 658 g/mol. The zero-order valence-corrected chi connectivity index (χ0v) is 29.9. The number of benzene rings is 4. The van der Waals surface area contributed by atoms with Crippen LogP contribution in [0.3, 0.4) is 0 Å². The molecule has 1 unspecified atom stereocenters. The summed E-state index contributed by atoms with van der Waals surface area (Å²) in [5.41, 5.74) is 12.7. The van der Waals surface area contributed by atoms with E-state index in [1.807, 2.05) is 12.1 Å². The molecule has 5 heteroatoms. The number of hydrogen-bond acceptors (Lipinski definition) is 4. The minimum Gasteiger partial charge on any atom is -0.455 e. The number of rotatable bonds is 5. The van der Waals surface area contributed by atoms with Crippen molar-refractivity contribution in [3.05, 3.63) is 143 Å². The molecule has 1 saturated heterocycles. The van der Waals surface area contributed by atoms with Crippen LogP contribution in [0.4, 0.5) is 5.69 Å². The Balaban J connectivity index is 1.10. The maximum atomic E-state index is 6.45. The highest BCUT2D eigenvalue weighted by Gasteiger charge is 2.52. The molecule has 9 rings (SSSR count). The lowest BCUT2D eigenvalue weighted by Gasteiger charge is -2.38. The third-order valence-electron chi connectivity index (χ3n) is 12.2. The maximum Gasteiger partial charge on any atom is 0.490 e. The number of furan rings is 1. The summed E-state index contributed by atoms with van der Waals surface area (Å²) in [6.45, 7) is 13.3. The van der Waals surface area contributed by atoms with Gasteiger partial charge in [0.15, 0.2) is 0 Å². The van der Waals surface area contributed by atoms with Crippen LogP contribution in [0.5, 0.6) is 0 Å². The number of nitrogens with zero attached hydrogens (tertiary/aromatic N) is 1. The second kappa shape index (κ2) is 11.2. The van der Waals surface area contributed by atoms with Crippen molar-refractivity contribution in [3.8, 4) is 11.1 Å². The van der Waals surface area contributed by atoms with Crippen LogP contribution in [0.15, 0.2) is 137 Å². The summed E-state index contributed by atoms with van der Waals surface area (Å²) in [6.07, 6.45) is 12.0. The van der Waals surface area contributed by atoms with E-state index in [2.05, 4.69) is 150 Å². The van der Waals surface area contributed by atoms with Gasteiger partial charge in [0, 0.05) is 33.4 Å². The number of anilines is 1. The zero-order valence-electron chi connectivity index (χ0n) is 29.9. The van der Waals surface area contributed by atoms with E-state index < -0.39 is 0 Å². The monoisotopic (exact) mass is 657 g/mol. The van der Waals surface area contributed by atoms with Crippen molar-refractivity contribution >= 4 is 40.3 Å². The van der Waals surface area contributed by atoms with Gasteiger partial charge in [0.2, 0.25) is 0 Å². The van der Waals surface area contributed by atoms with Crippen molar-refractivity contribution in [2.45, 2.75) is 77.4 Å². The smallest absolute Gasteiger partial charge is 0.455 e. The molecular weight excluding hydrogens is 613 g/mol. The normalized spacial score (nSPS) is 21.7. The summed E-state index contributed by atoms with van der Waals surface area (Å²) in [7, 11) is -0.316. The van der Waals surface area contributed by atoms with Gasteiger partial charge in [-0.1, -0.05) is 98.8 Å². The van der Waals surface area contributed by atoms with E-state index in [9.17, 15) is 0 Å². The molecule has 0 spiro atoms. The summed E-state index contributed by atoms with van der Waals surface area (Å²) in [5.74, 6) is 0.410. The van der Waals surface area contributed by atoms with Gasteiger partial charge in [-0.2, -0.15) is 0 Å². The molecule has 0 saturated carbocycles. The van der Waals surface area contributed by atoms with E-state index in [0.29, 0.717) is 5.92 Å². The van der Waals surface area contributed by atoms with Crippen LogP contribution in [0.2, 0.25) is 0 Å². The van der Waals surface area contributed by atoms with Gasteiger partial charge >= 0.3 is 7.12 Å². The van der Waals surface area contributed by atoms with E-state index in [1.54, 1.807) is 0 Å². The summed E-state index contributed by atoms with van der Waals surface area (Å²) in [6, 6.07) is 32.8. The van der Waals surface area contributed by atoms with Gasteiger partial charge in [-0.15, -0.1) is 0 Å². The predicted molar refractivity (Wildman–Crippen MR) is 207 cm³/mol. The molecule has 0 amide bonds. The molecular formula is C45H44BNO3. The van der Waals surface area contributed by atoms with Gasteiger partial charge in [-0.3, -0.25) is 0 Å². The van der Waals surface area contributed by atoms with Crippen LogP contribution in [0.1, 0.15) is 71.9 Å². The van der Waals surface area contributed by atoms with Crippen molar-refractivity contribution < 1.29 is 13.7 Å². The molecule has 50 heavy (non-hydrogen) atoms. The van der Waals surface area contributed by atoms with E-state index in [0.717, 1.165) is 52.3 Å². The fourth-order valence-corrected chi connectivity index (χ4v) is 8.56. The molecule has 1 aromatic heterocycles. The lowest BCUT2D eigenvalue weighted by atomic mass is 9.73. The van der Waals surface area contributed by atoms with Gasteiger partial charge in [0.1, 0.15) is 11.2 Å². The highest BCUT2D eigenvalue weighted by atomic mass is 16.7. The molecule has 0 bridgehead atoms. The van der Waals surface area contributed by atoms with Gasteiger partial charge < -0.3 is 18.6 Å². The van der Waals surface area contributed by atoms with Crippen LogP contribution in [0, 0.1) is 5.92 Å². The Morgan fingerprint density at radius 1 is 0.640 bits per heavy atom. The Morgan fingerprint density at radius 3 is 2.08 bits per heavy atom. The average Bonchev–Trinajstić information content (AvgIpc) is 3.69. The maximum absolute atomic E-state index is 6.45. The van der Waals surface area contributed by atoms with Crippen molar-refractivity contribution in [2.75, 3.05) is 4.90 Å². The van der Waals surface area contributed by atoms with Gasteiger partial charge in [0.25, 0.3) is 0 Å². The summed E-state index contributed by atoms with van der Waals surface area (Å²) in [4.78, 5) is 2.51. The van der Waals surface area contributed by atoms with E-state index >= 15 is 0 Å². The highest BCUT2D eigenvalue weighted by Crippen LogP contribution is 2.54. The molecule has 5 aromatic rings. The Hall–Kier alpha value is -4.58. The van der Waals surface area contributed by atoms with Crippen molar-refractivity contribution in [1.82, 2.24) is 0 Å². The fraction of sp³-hybridized carbons (Fsp3) is 0.289. The Morgan fingerprint density at radius 2 is 1.32 bits per heavy atom. The molecule has 0 N–H and O–H groups in total. The van der Waals surface area contributed by atoms with Gasteiger partial charge in [0.05, 0.1) is 11.2 Å². The molecule has 3 aliphatic carbocycles. The number of fused-ring (bicyclic) bond motifs is 6. The van der Waals surface area contributed by atoms with E-state index in [4.69, 9.17) is 13.7 Å². The van der Waals surface area contributed by atoms with Crippen molar-refractivity contribution in [3.63, 3.8) is 0 Å². The minimum absolute atomic E-state index is 0.0491. The molecule has 1 fully saturated rings. The van der Waals surface area contributed by atoms with Crippen LogP contribution >= 0.6 is 0 Å². The number of allylic oxidation sites excluding steroid dienone is 8. The minimum atomic E-state index is -0.356. The van der Waals surface area contributed by atoms with Crippen LogP contribution in [-0.4, -0.2) is 18.3 Å². The van der Waals surface area contributed by atoms with Gasteiger partial charge in [-0.25, -0.2) is 0 Å². The molecule has 0 radical (unpaired) electrons. The second-order valence-electron chi connectivity index (χ2n) is 16.0. The topological polar surface area (TPSA) is 34.8 Å². The first-order valence-corrected chi connectivity index (χ1v) is 18.1. The first-order valence-electron chi connectivity index (χ1n) is 18.1. The van der Waals surface area contributed by atoms with E-state index in [-0.39, 0.29) is 23.7 Å². The van der Waals surface area contributed by atoms with Crippen LogP contribution in [0.25, 0.3) is 38.6 Å². The largest absolute Gasteiger partial charge is 0.490 e. The molecule has 4 aliphatic rings. The molecule has 1 atom stereocenters. The lowest BCUT2D eigenvalue weighted by Crippen LogP contribution is -2.41. The third kappa shape index (κ3) is 4.81. The first-order chi connectivity index (χ1) is 24.0. The highest BCUT2D eigenvalue weighted by molar-refractivity contribution is 6.54.